The molecule has 0 spiro atoms. The van der Waals surface area contributed by atoms with Crippen LogP contribution in [0.4, 0.5) is 0 Å². The van der Waals surface area contributed by atoms with Gasteiger partial charge in [-0.1, -0.05) is 36.5 Å². The molecular weight excluding hydrogens is 270 g/mol. The predicted molar refractivity (Wildman–Crippen MR) is 82.5 cm³/mol. The summed E-state index contributed by atoms with van der Waals surface area (Å²) in [5, 5.41) is 4.75. The summed E-state index contributed by atoms with van der Waals surface area (Å²) in [5.74, 6) is 0.165. The summed E-state index contributed by atoms with van der Waals surface area (Å²) < 4.78 is 0. The van der Waals surface area contributed by atoms with Crippen LogP contribution in [0.25, 0.3) is 10.8 Å². The second kappa shape index (κ2) is 5.17. The third kappa shape index (κ3) is 2.49. The van der Waals surface area contributed by atoms with Gasteiger partial charge in [0.05, 0.1) is 11.0 Å². The molecule has 0 aliphatic heterocycles. The number of rotatable bonds is 4. The Bertz CT molecular complexity index is 676. The smallest absolute Gasteiger partial charge is 0.271 e. The van der Waals surface area contributed by atoms with E-state index in [0.29, 0.717) is 16.6 Å². The van der Waals surface area contributed by atoms with E-state index in [2.05, 4.69) is 10.3 Å². The maximum Gasteiger partial charge on any atom is 0.271 e. The lowest BCUT2D eigenvalue weighted by Gasteiger charge is -2.16. The van der Waals surface area contributed by atoms with Crippen LogP contribution in [-0.4, -0.2) is 21.9 Å². The Morgan fingerprint density at radius 2 is 2.10 bits per heavy atom. The fraction of sp³-hybridized carbons (Fsp3) is 0.267. The summed E-state index contributed by atoms with van der Waals surface area (Å²) in [6.45, 7) is 0. The fourth-order valence-corrected chi connectivity index (χ4v) is 2.61. The number of carbonyl (C=O) groups excluding carboxylic acids is 1. The molecular formula is C15H15N3OS. The van der Waals surface area contributed by atoms with Gasteiger partial charge in [-0.15, -0.1) is 0 Å². The minimum absolute atomic E-state index is 0.216. The molecule has 3 rings (SSSR count). The Hall–Kier alpha value is -2.01. The van der Waals surface area contributed by atoms with Crippen LogP contribution in [0.2, 0.25) is 0 Å². The molecule has 3 N–H and O–H groups in total. The zero-order valence-corrected chi connectivity index (χ0v) is 11.7. The van der Waals surface area contributed by atoms with E-state index in [9.17, 15) is 4.79 Å². The number of thiocarbonyl (C=S) groups is 1. The number of nitrogens with zero attached hydrogens (tertiary/aromatic N) is 1. The van der Waals surface area contributed by atoms with E-state index in [1.807, 2.05) is 30.3 Å². The number of hydrogen-bond donors (Lipinski definition) is 2. The Balaban J connectivity index is 1.90. The molecule has 0 radical (unpaired) electrons. The highest BCUT2D eigenvalue weighted by Gasteiger charge is 2.34. The molecule has 1 heterocycles. The second-order valence-corrected chi connectivity index (χ2v) is 5.54. The minimum Gasteiger partial charge on any atom is -0.392 e. The zero-order valence-electron chi connectivity index (χ0n) is 10.9. The molecule has 5 heteroatoms. The van der Waals surface area contributed by atoms with Gasteiger partial charge in [0, 0.05) is 11.6 Å². The van der Waals surface area contributed by atoms with Crippen LogP contribution in [0.5, 0.6) is 0 Å². The maximum atomic E-state index is 12.4. The summed E-state index contributed by atoms with van der Waals surface area (Å²) in [6, 6.07) is 9.35. The number of pyridine rings is 1. The molecule has 4 nitrogen and oxygen atoms in total. The highest BCUT2D eigenvalue weighted by molar-refractivity contribution is 7.80. The average Bonchev–Trinajstić information content (AvgIpc) is 3.28. The van der Waals surface area contributed by atoms with E-state index in [4.69, 9.17) is 18.0 Å². The largest absolute Gasteiger partial charge is 0.392 e. The molecule has 102 valence electrons. The van der Waals surface area contributed by atoms with E-state index in [1.54, 1.807) is 6.20 Å². The number of nitrogens with two attached hydrogens (primary N) is 1. The summed E-state index contributed by atoms with van der Waals surface area (Å²) >= 11 is 5.04. The second-order valence-electron chi connectivity index (χ2n) is 5.07. The number of amides is 1. The standard InChI is InChI=1S/C15H15N3OS/c16-14(20)12(10-5-6-10)18-15(19)13-11-4-2-1-3-9(11)7-8-17-13/h1-4,7-8,10,12H,5-6H2,(H2,16,20)(H,18,19). The molecule has 1 aromatic heterocycles. The van der Waals surface area contributed by atoms with Gasteiger partial charge in [0.1, 0.15) is 5.69 Å². The van der Waals surface area contributed by atoms with Crippen molar-refractivity contribution in [2.75, 3.05) is 0 Å². The molecule has 0 saturated heterocycles. The zero-order chi connectivity index (χ0) is 14.1. The third-order valence-electron chi connectivity index (χ3n) is 3.58. The van der Waals surface area contributed by atoms with Crippen LogP contribution in [0.15, 0.2) is 36.5 Å². The van der Waals surface area contributed by atoms with Crippen LogP contribution in [-0.2, 0) is 0 Å². The molecule has 1 amide bonds. The van der Waals surface area contributed by atoms with Gasteiger partial charge in [-0.3, -0.25) is 9.78 Å². The van der Waals surface area contributed by atoms with Crippen molar-refractivity contribution in [3.8, 4) is 0 Å². The van der Waals surface area contributed by atoms with Crippen LogP contribution in [0.3, 0.4) is 0 Å². The normalized spacial score (nSPS) is 15.8. The van der Waals surface area contributed by atoms with E-state index in [1.165, 1.54) is 0 Å². The molecule has 1 fully saturated rings. The van der Waals surface area contributed by atoms with E-state index in [-0.39, 0.29) is 11.9 Å². The quantitative estimate of drug-likeness (QED) is 0.843. The lowest BCUT2D eigenvalue weighted by atomic mass is 10.1. The highest BCUT2D eigenvalue weighted by Crippen LogP contribution is 2.33. The van der Waals surface area contributed by atoms with Crippen molar-refractivity contribution in [3.63, 3.8) is 0 Å². The molecule has 0 bridgehead atoms. The molecule has 20 heavy (non-hydrogen) atoms. The van der Waals surface area contributed by atoms with Crippen molar-refractivity contribution in [3.05, 3.63) is 42.2 Å². The molecule has 1 aromatic carbocycles. The first-order chi connectivity index (χ1) is 9.66. The van der Waals surface area contributed by atoms with Gasteiger partial charge in [0.2, 0.25) is 0 Å². The van der Waals surface area contributed by atoms with Crippen LogP contribution >= 0.6 is 12.2 Å². The van der Waals surface area contributed by atoms with E-state index < -0.39 is 0 Å². The SMILES string of the molecule is NC(=S)C(NC(=O)c1nccc2ccccc12)C1CC1. The summed E-state index contributed by atoms with van der Waals surface area (Å²) in [4.78, 5) is 17.0. The van der Waals surface area contributed by atoms with Gasteiger partial charge in [0.25, 0.3) is 5.91 Å². The van der Waals surface area contributed by atoms with Crippen LogP contribution < -0.4 is 11.1 Å². The maximum absolute atomic E-state index is 12.4. The molecule has 1 aliphatic rings. The number of fused-ring (bicyclic) bond motifs is 1. The van der Waals surface area contributed by atoms with Gasteiger partial charge >= 0.3 is 0 Å². The Labute approximate surface area is 122 Å². The minimum atomic E-state index is -0.224. The highest BCUT2D eigenvalue weighted by atomic mass is 32.1. The average molecular weight is 285 g/mol. The predicted octanol–water partition coefficient (Wildman–Crippen LogP) is 2.03. The molecule has 2 aromatic rings. The van der Waals surface area contributed by atoms with Crippen LogP contribution in [0.1, 0.15) is 23.3 Å². The first-order valence-corrected chi connectivity index (χ1v) is 7.01. The number of benzene rings is 1. The topological polar surface area (TPSA) is 68.0 Å². The number of nitrogens with one attached hydrogen (secondary N) is 1. The summed E-state index contributed by atoms with van der Waals surface area (Å²) in [7, 11) is 0. The van der Waals surface area contributed by atoms with E-state index >= 15 is 0 Å². The van der Waals surface area contributed by atoms with Gasteiger partial charge in [-0.25, -0.2) is 0 Å². The summed E-state index contributed by atoms with van der Waals surface area (Å²) in [6.07, 6.45) is 3.76. The van der Waals surface area contributed by atoms with Crippen molar-refractivity contribution >= 4 is 33.9 Å². The van der Waals surface area contributed by atoms with Crippen molar-refractivity contribution < 1.29 is 4.79 Å². The van der Waals surface area contributed by atoms with Crippen molar-refractivity contribution in [2.24, 2.45) is 11.7 Å². The van der Waals surface area contributed by atoms with Crippen LogP contribution in [0, 0.1) is 5.92 Å². The summed E-state index contributed by atoms with van der Waals surface area (Å²) in [5.41, 5.74) is 6.13. The van der Waals surface area contributed by atoms with Gasteiger partial charge < -0.3 is 11.1 Å². The molecule has 1 saturated carbocycles. The van der Waals surface area contributed by atoms with Gasteiger partial charge in [-0.2, -0.15) is 0 Å². The lowest BCUT2D eigenvalue weighted by molar-refractivity contribution is 0.0940. The molecule has 1 atom stereocenters. The van der Waals surface area contributed by atoms with Crippen molar-refractivity contribution in [1.82, 2.24) is 10.3 Å². The number of aromatic nitrogens is 1. The number of hydrogen-bond acceptors (Lipinski definition) is 3. The van der Waals surface area contributed by atoms with Crippen molar-refractivity contribution in [2.45, 2.75) is 18.9 Å². The third-order valence-corrected chi connectivity index (χ3v) is 3.83. The molecule has 1 unspecified atom stereocenters. The van der Waals surface area contributed by atoms with Crippen molar-refractivity contribution in [1.29, 1.82) is 0 Å². The first kappa shape index (κ1) is 13.0. The Morgan fingerprint density at radius 3 is 2.80 bits per heavy atom. The van der Waals surface area contributed by atoms with Gasteiger partial charge in [0.15, 0.2) is 0 Å². The monoisotopic (exact) mass is 285 g/mol. The Morgan fingerprint density at radius 1 is 1.35 bits per heavy atom. The van der Waals surface area contributed by atoms with Gasteiger partial charge in [-0.05, 0) is 30.2 Å². The first-order valence-electron chi connectivity index (χ1n) is 6.61. The molecule has 1 aliphatic carbocycles. The lowest BCUT2D eigenvalue weighted by Crippen LogP contribution is -2.45. The Kier molecular flexibility index (Phi) is 3.36. The van der Waals surface area contributed by atoms with E-state index in [0.717, 1.165) is 23.6 Å². The number of carbonyl (C=O) groups is 1. The fourth-order valence-electron chi connectivity index (χ4n) is 2.36.